The van der Waals surface area contributed by atoms with Crippen molar-refractivity contribution in [2.75, 3.05) is 33.4 Å². The highest BCUT2D eigenvalue weighted by Crippen LogP contribution is 2.28. The predicted molar refractivity (Wildman–Crippen MR) is 87.3 cm³/mol. The molecule has 0 aliphatic carbocycles. The second-order valence-corrected chi connectivity index (χ2v) is 6.81. The Kier molecular flexibility index (Phi) is 6.54. The van der Waals surface area contributed by atoms with Gasteiger partial charge in [0.15, 0.2) is 5.78 Å². The Bertz CT molecular complexity index is 476. The van der Waals surface area contributed by atoms with E-state index in [1.165, 1.54) is 11.3 Å². The van der Waals surface area contributed by atoms with Crippen molar-refractivity contribution in [3.8, 4) is 0 Å². The Balaban J connectivity index is 1.75. The van der Waals surface area contributed by atoms with E-state index in [9.17, 15) is 9.59 Å². The fourth-order valence-corrected chi connectivity index (χ4v) is 3.49. The molecule has 1 aliphatic rings. The number of nitrogens with one attached hydrogen (secondary N) is 2. The van der Waals surface area contributed by atoms with Gasteiger partial charge in [-0.3, -0.25) is 9.59 Å². The molecule has 2 heterocycles. The molecule has 1 aromatic heterocycles. The van der Waals surface area contributed by atoms with Crippen LogP contribution in [0, 0.1) is 5.41 Å². The van der Waals surface area contributed by atoms with Crippen molar-refractivity contribution in [1.82, 2.24) is 10.6 Å². The van der Waals surface area contributed by atoms with E-state index in [4.69, 9.17) is 4.74 Å². The molecule has 0 unspecified atom stereocenters. The van der Waals surface area contributed by atoms with Gasteiger partial charge < -0.3 is 15.4 Å². The number of carbonyl (C=O) groups excluding carboxylic acids is 2. The van der Waals surface area contributed by atoms with Crippen LogP contribution in [0.15, 0.2) is 17.5 Å². The van der Waals surface area contributed by atoms with E-state index >= 15 is 0 Å². The van der Waals surface area contributed by atoms with Gasteiger partial charge in [-0.2, -0.15) is 0 Å². The zero-order valence-electron chi connectivity index (χ0n) is 13.0. The Morgan fingerprint density at radius 2 is 2.14 bits per heavy atom. The first-order valence-electron chi connectivity index (χ1n) is 7.68. The third-order valence-corrected chi connectivity index (χ3v) is 5.06. The summed E-state index contributed by atoms with van der Waals surface area (Å²) in [4.78, 5) is 24.6. The Morgan fingerprint density at radius 1 is 1.36 bits per heavy atom. The molecular weight excluding hydrogens is 300 g/mol. The topological polar surface area (TPSA) is 67.4 Å². The van der Waals surface area contributed by atoms with Crippen LogP contribution in [-0.4, -0.2) is 45.0 Å². The van der Waals surface area contributed by atoms with E-state index in [2.05, 4.69) is 10.6 Å². The van der Waals surface area contributed by atoms with Crippen LogP contribution in [0.1, 0.15) is 35.4 Å². The maximum atomic E-state index is 12.0. The van der Waals surface area contributed by atoms with Crippen molar-refractivity contribution in [3.63, 3.8) is 0 Å². The number of piperidine rings is 1. The number of hydrogen-bond donors (Lipinski definition) is 2. The summed E-state index contributed by atoms with van der Waals surface area (Å²) in [6.45, 7) is 3.18. The molecule has 1 aliphatic heterocycles. The molecule has 22 heavy (non-hydrogen) atoms. The summed E-state index contributed by atoms with van der Waals surface area (Å²) in [5.41, 5.74) is 0.0213. The quantitative estimate of drug-likeness (QED) is 0.716. The van der Waals surface area contributed by atoms with Crippen LogP contribution in [-0.2, 0) is 9.53 Å². The molecule has 0 bridgehead atoms. The van der Waals surface area contributed by atoms with Gasteiger partial charge in [-0.15, -0.1) is 11.3 Å². The number of carbonyl (C=O) groups is 2. The molecule has 0 saturated carbocycles. The molecule has 1 saturated heterocycles. The van der Waals surface area contributed by atoms with E-state index in [0.717, 1.165) is 30.8 Å². The van der Waals surface area contributed by atoms with Crippen LogP contribution in [0.4, 0.5) is 0 Å². The molecule has 122 valence electrons. The van der Waals surface area contributed by atoms with Crippen LogP contribution in [0.25, 0.3) is 0 Å². The first-order valence-corrected chi connectivity index (χ1v) is 8.56. The van der Waals surface area contributed by atoms with Crippen molar-refractivity contribution in [1.29, 1.82) is 0 Å². The normalized spacial score (nSPS) is 17.1. The highest BCUT2D eigenvalue weighted by Gasteiger charge is 2.32. The number of thiophene rings is 1. The maximum Gasteiger partial charge on any atom is 0.220 e. The molecule has 1 amide bonds. The summed E-state index contributed by atoms with van der Waals surface area (Å²) < 4.78 is 5.33. The maximum absolute atomic E-state index is 12.0. The van der Waals surface area contributed by atoms with E-state index in [1.807, 2.05) is 11.4 Å². The van der Waals surface area contributed by atoms with E-state index in [1.54, 1.807) is 13.2 Å². The van der Waals surface area contributed by atoms with Crippen molar-refractivity contribution in [2.45, 2.75) is 25.7 Å². The van der Waals surface area contributed by atoms with Gasteiger partial charge in [0, 0.05) is 31.9 Å². The lowest BCUT2D eigenvalue weighted by Gasteiger charge is -2.37. The van der Waals surface area contributed by atoms with Gasteiger partial charge in [0.1, 0.15) is 0 Å². The molecule has 6 heteroatoms. The molecule has 0 atom stereocenters. The van der Waals surface area contributed by atoms with Gasteiger partial charge in [0.2, 0.25) is 5.91 Å². The van der Waals surface area contributed by atoms with Crippen LogP contribution < -0.4 is 10.6 Å². The predicted octanol–water partition coefficient (Wildman–Crippen LogP) is 1.84. The smallest absolute Gasteiger partial charge is 0.220 e. The molecule has 1 fully saturated rings. The van der Waals surface area contributed by atoms with E-state index in [-0.39, 0.29) is 29.9 Å². The third kappa shape index (κ3) is 4.90. The molecule has 0 spiro atoms. The zero-order valence-corrected chi connectivity index (χ0v) is 13.8. The van der Waals surface area contributed by atoms with Gasteiger partial charge in [0.05, 0.1) is 11.5 Å². The second kappa shape index (κ2) is 8.41. The summed E-state index contributed by atoms with van der Waals surface area (Å²) in [5.74, 6) is -0.0162. The minimum atomic E-state index is -0.0566. The van der Waals surface area contributed by atoms with Crippen molar-refractivity contribution in [3.05, 3.63) is 22.4 Å². The van der Waals surface area contributed by atoms with E-state index in [0.29, 0.717) is 13.2 Å². The number of hydrogen-bond acceptors (Lipinski definition) is 5. The number of methoxy groups -OCH3 is 1. The summed E-state index contributed by atoms with van der Waals surface area (Å²) in [6.07, 6.45) is 2.51. The molecule has 2 rings (SSSR count). The number of ether oxygens (including phenoxy) is 1. The SMILES string of the molecule is COCC1(CNC(=O)CCC(=O)c2cccs2)CCNCC1. The van der Waals surface area contributed by atoms with Gasteiger partial charge in [0.25, 0.3) is 0 Å². The molecule has 2 N–H and O–H groups in total. The molecule has 0 radical (unpaired) electrons. The fourth-order valence-electron chi connectivity index (χ4n) is 2.80. The lowest BCUT2D eigenvalue weighted by atomic mass is 9.79. The highest BCUT2D eigenvalue weighted by atomic mass is 32.1. The van der Waals surface area contributed by atoms with Crippen LogP contribution in [0.5, 0.6) is 0 Å². The van der Waals surface area contributed by atoms with Gasteiger partial charge in [-0.25, -0.2) is 0 Å². The fraction of sp³-hybridized carbons (Fsp3) is 0.625. The number of Topliss-reactive ketones (excluding diaryl/α,β-unsaturated/α-hetero) is 1. The number of ketones is 1. The van der Waals surface area contributed by atoms with Crippen LogP contribution >= 0.6 is 11.3 Å². The third-order valence-electron chi connectivity index (χ3n) is 4.15. The zero-order chi connectivity index (χ0) is 15.8. The first-order chi connectivity index (χ1) is 10.7. The van der Waals surface area contributed by atoms with Crippen molar-refractivity contribution in [2.24, 2.45) is 5.41 Å². The Labute approximate surface area is 135 Å². The van der Waals surface area contributed by atoms with Gasteiger partial charge in [-0.1, -0.05) is 6.07 Å². The molecular formula is C16H24N2O3S. The summed E-state index contributed by atoms with van der Waals surface area (Å²) in [5, 5.41) is 8.19. The van der Waals surface area contributed by atoms with Crippen molar-refractivity contribution >= 4 is 23.0 Å². The molecule has 0 aromatic carbocycles. The lowest BCUT2D eigenvalue weighted by Crippen LogP contribution is -2.47. The summed E-state index contributed by atoms with van der Waals surface area (Å²) in [6, 6.07) is 3.65. The Morgan fingerprint density at radius 3 is 2.77 bits per heavy atom. The number of amides is 1. The van der Waals surface area contributed by atoms with Crippen LogP contribution in [0.3, 0.4) is 0 Å². The minimum absolute atomic E-state index is 0.0213. The highest BCUT2D eigenvalue weighted by molar-refractivity contribution is 7.12. The number of rotatable bonds is 8. The lowest BCUT2D eigenvalue weighted by molar-refractivity contribution is -0.122. The van der Waals surface area contributed by atoms with Crippen LogP contribution in [0.2, 0.25) is 0 Å². The second-order valence-electron chi connectivity index (χ2n) is 5.86. The largest absolute Gasteiger partial charge is 0.384 e. The molecule has 1 aromatic rings. The average molecular weight is 324 g/mol. The standard InChI is InChI=1S/C16H24N2O3S/c1-21-12-16(6-8-17-9-7-16)11-18-15(20)5-4-13(19)14-3-2-10-22-14/h2-3,10,17H,4-9,11-12H2,1H3,(H,18,20). The minimum Gasteiger partial charge on any atom is -0.384 e. The first kappa shape index (κ1) is 17.1. The molecule has 5 nitrogen and oxygen atoms in total. The summed E-state index contributed by atoms with van der Waals surface area (Å²) >= 11 is 1.42. The van der Waals surface area contributed by atoms with Gasteiger partial charge in [-0.05, 0) is 37.4 Å². The van der Waals surface area contributed by atoms with E-state index < -0.39 is 0 Å². The average Bonchev–Trinajstić information content (AvgIpc) is 3.06. The Hall–Kier alpha value is -1.24. The summed E-state index contributed by atoms with van der Waals surface area (Å²) in [7, 11) is 1.70. The van der Waals surface area contributed by atoms with Gasteiger partial charge >= 0.3 is 0 Å². The van der Waals surface area contributed by atoms with Crippen molar-refractivity contribution < 1.29 is 14.3 Å². The monoisotopic (exact) mass is 324 g/mol.